The average Bonchev–Trinajstić information content (AvgIpc) is 2.58. The average molecular weight is 318 g/mol. The van der Waals surface area contributed by atoms with E-state index in [4.69, 9.17) is 4.74 Å². The number of unbranched alkanes of at least 4 members (excludes halogenated alkanes) is 8. The topological polar surface area (TPSA) is 9.23 Å². The number of ether oxygens (including phenoxy) is 1. The van der Waals surface area contributed by atoms with Gasteiger partial charge in [0.1, 0.15) is 5.75 Å². The third-order valence-electron chi connectivity index (χ3n) is 4.51. The molecule has 1 aromatic carbocycles. The fourth-order valence-corrected chi connectivity index (χ4v) is 2.85. The van der Waals surface area contributed by atoms with Crippen LogP contribution in [-0.4, -0.2) is 6.61 Å². The van der Waals surface area contributed by atoms with Crippen molar-refractivity contribution in [1.29, 1.82) is 0 Å². The molecule has 0 aliphatic rings. The van der Waals surface area contributed by atoms with Crippen molar-refractivity contribution < 1.29 is 4.74 Å². The van der Waals surface area contributed by atoms with E-state index < -0.39 is 0 Å². The van der Waals surface area contributed by atoms with Crippen LogP contribution in [0.1, 0.15) is 96.5 Å². The molecule has 0 amide bonds. The molecule has 131 valence electrons. The molecule has 1 aromatic rings. The lowest BCUT2D eigenvalue weighted by Crippen LogP contribution is -1.98. The molecule has 1 heteroatoms. The Morgan fingerprint density at radius 1 is 0.870 bits per heavy atom. The summed E-state index contributed by atoms with van der Waals surface area (Å²) in [7, 11) is 0. The molecule has 0 aliphatic carbocycles. The minimum Gasteiger partial charge on any atom is -0.494 e. The summed E-state index contributed by atoms with van der Waals surface area (Å²) in [4.78, 5) is 0. The van der Waals surface area contributed by atoms with E-state index in [0.29, 0.717) is 5.92 Å². The van der Waals surface area contributed by atoms with Crippen molar-refractivity contribution in [3.8, 4) is 5.75 Å². The Balaban J connectivity index is 2.17. The molecule has 0 bridgehead atoms. The first kappa shape index (κ1) is 20.1. The van der Waals surface area contributed by atoms with Gasteiger partial charge in [-0.2, -0.15) is 0 Å². The van der Waals surface area contributed by atoms with Gasteiger partial charge in [0.2, 0.25) is 0 Å². The summed E-state index contributed by atoms with van der Waals surface area (Å²) in [5.41, 5.74) is 1.43. The first-order valence-corrected chi connectivity index (χ1v) is 9.82. The largest absolute Gasteiger partial charge is 0.494 e. The van der Waals surface area contributed by atoms with E-state index in [9.17, 15) is 0 Å². The molecule has 0 heterocycles. The van der Waals surface area contributed by atoms with Crippen LogP contribution in [-0.2, 0) is 0 Å². The van der Waals surface area contributed by atoms with Crippen LogP contribution in [0.3, 0.4) is 0 Å². The summed E-state index contributed by atoms with van der Waals surface area (Å²) in [5.74, 6) is 1.66. The van der Waals surface area contributed by atoms with Crippen molar-refractivity contribution in [2.75, 3.05) is 6.61 Å². The molecular weight excluding hydrogens is 280 g/mol. The summed E-state index contributed by atoms with van der Waals surface area (Å²) >= 11 is 0. The number of benzene rings is 1. The van der Waals surface area contributed by atoms with Crippen LogP contribution in [0, 0.1) is 6.42 Å². The number of hydrogen-bond acceptors (Lipinski definition) is 1. The highest BCUT2D eigenvalue weighted by Gasteiger charge is 2.05. The summed E-state index contributed by atoms with van der Waals surface area (Å²) in [5, 5.41) is 0. The summed E-state index contributed by atoms with van der Waals surface area (Å²) < 4.78 is 5.85. The molecule has 0 saturated carbocycles. The molecule has 1 atom stereocenters. The molecule has 1 radical (unpaired) electrons. The van der Waals surface area contributed by atoms with Gasteiger partial charge in [-0.1, -0.05) is 77.8 Å². The first-order valence-electron chi connectivity index (χ1n) is 9.82. The molecule has 0 saturated heterocycles. The SMILES string of the molecule is CCC[CH]CCC(C)c1ccc(OCCCCCCCC)cc1. The highest BCUT2D eigenvalue weighted by Crippen LogP contribution is 2.24. The fraction of sp³-hybridized carbons (Fsp3) is 0.682. The normalized spacial score (nSPS) is 12.3. The summed E-state index contributed by atoms with van der Waals surface area (Å²) in [6.07, 6.45) is 15.3. The quantitative estimate of drug-likeness (QED) is 0.327. The van der Waals surface area contributed by atoms with Crippen LogP contribution in [0.4, 0.5) is 0 Å². The maximum absolute atomic E-state index is 5.85. The lowest BCUT2D eigenvalue weighted by molar-refractivity contribution is 0.304. The zero-order chi connectivity index (χ0) is 16.8. The maximum atomic E-state index is 5.85. The van der Waals surface area contributed by atoms with E-state index in [1.54, 1.807) is 0 Å². The van der Waals surface area contributed by atoms with E-state index in [-0.39, 0.29) is 0 Å². The van der Waals surface area contributed by atoms with Crippen molar-refractivity contribution in [3.63, 3.8) is 0 Å². The van der Waals surface area contributed by atoms with Gasteiger partial charge in [0.25, 0.3) is 0 Å². The van der Waals surface area contributed by atoms with Crippen molar-refractivity contribution >= 4 is 0 Å². The molecular formula is C22H37O. The highest BCUT2D eigenvalue weighted by atomic mass is 16.5. The zero-order valence-electron chi connectivity index (χ0n) is 15.7. The predicted molar refractivity (Wildman–Crippen MR) is 102 cm³/mol. The molecule has 1 rings (SSSR count). The van der Waals surface area contributed by atoms with Gasteiger partial charge < -0.3 is 4.74 Å². The van der Waals surface area contributed by atoms with Crippen molar-refractivity contribution in [3.05, 3.63) is 36.2 Å². The number of rotatable bonds is 14. The zero-order valence-corrected chi connectivity index (χ0v) is 15.7. The lowest BCUT2D eigenvalue weighted by atomic mass is 9.95. The lowest BCUT2D eigenvalue weighted by Gasteiger charge is -2.13. The Labute approximate surface area is 144 Å². The Morgan fingerprint density at radius 2 is 1.57 bits per heavy atom. The van der Waals surface area contributed by atoms with Crippen LogP contribution in [0.25, 0.3) is 0 Å². The summed E-state index contributed by atoms with van der Waals surface area (Å²) in [6, 6.07) is 8.75. The summed E-state index contributed by atoms with van der Waals surface area (Å²) in [6.45, 7) is 7.68. The van der Waals surface area contributed by atoms with Gasteiger partial charge in [-0.3, -0.25) is 0 Å². The number of hydrogen-bond donors (Lipinski definition) is 0. The molecule has 0 aliphatic heterocycles. The minimum absolute atomic E-state index is 0.635. The van der Waals surface area contributed by atoms with Gasteiger partial charge in [-0.15, -0.1) is 0 Å². The second-order valence-electron chi connectivity index (χ2n) is 6.74. The van der Waals surface area contributed by atoms with Crippen LogP contribution >= 0.6 is 0 Å². The van der Waals surface area contributed by atoms with Gasteiger partial charge >= 0.3 is 0 Å². The minimum atomic E-state index is 0.635. The second kappa shape index (κ2) is 13.5. The molecule has 0 N–H and O–H groups in total. The Bertz CT molecular complexity index is 368. The van der Waals surface area contributed by atoms with Gasteiger partial charge in [0.15, 0.2) is 0 Å². The fourth-order valence-electron chi connectivity index (χ4n) is 2.85. The molecule has 23 heavy (non-hydrogen) atoms. The third kappa shape index (κ3) is 9.69. The third-order valence-corrected chi connectivity index (χ3v) is 4.51. The van der Waals surface area contributed by atoms with Crippen LogP contribution in [0.2, 0.25) is 0 Å². The van der Waals surface area contributed by atoms with Gasteiger partial charge in [-0.05, 0) is 49.3 Å². The standard InChI is InChI=1S/C22H37O/c1-4-6-8-10-11-13-19-23-22-17-15-21(16-18-22)20(3)14-12-9-7-5-2/h9,15-18,20H,4-8,10-14,19H2,1-3H3. The second-order valence-corrected chi connectivity index (χ2v) is 6.74. The monoisotopic (exact) mass is 317 g/mol. The highest BCUT2D eigenvalue weighted by molar-refractivity contribution is 5.29. The van der Waals surface area contributed by atoms with Gasteiger partial charge in [0, 0.05) is 0 Å². The molecule has 0 aromatic heterocycles. The van der Waals surface area contributed by atoms with Crippen LogP contribution < -0.4 is 4.74 Å². The van der Waals surface area contributed by atoms with E-state index in [2.05, 4.69) is 51.5 Å². The first-order chi connectivity index (χ1) is 11.3. The maximum Gasteiger partial charge on any atom is 0.119 e. The van der Waals surface area contributed by atoms with Crippen LogP contribution in [0.5, 0.6) is 5.75 Å². The Hall–Kier alpha value is -0.980. The molecule has 1 unspecified atom stereocenters. The van der Waals surface area contributed by atoms with E-state index in [1.165, 1.54) is 69.8 Å². The molecule has 0 spiro atoms. The van der Waals surface area contributed by atoms with Gasteiger partial charge in [0.05, 0.1) is 6.61 Å². The Morgan fingerprint density at radius 3 is 2.26 bits per heavy atom. The van der Waals surface area contributed by atoms with Crippen LogP contribution in [0.15, 0.2) is 24.3 Å². The Kier molecular flexibility index (Phi) is 11.7. The molecule has 1 nitrogen and oxygen atoms in total. The van der Waals surface area contributed by atoms with E-state index in [1.807, 2.05) is 0 Å². The van der Waals surface area contributed by atoms with Crippen molar-refractivity contribution in [1.82, 2.24) is 0 Å². The van der Waals surface area contributed by atoms with E-state index >= 15 is 0 Å². The smallest absolute Gasteiger partial charge is 0.119 e. The molecule has 0 fully saturated rings. The van der Waals surface area contributed by atoms with Crippen molar-refractivity contribution in [2.24, 2.45) is 0 Å². The van der Waals surface area contributed by atoms with Crippen molar-refractivity contribution in [2.45, 2.75) is 90.9 Å². The predicted octanol–water partition coefficient (Wildman–Crippen LogP) is 7.31. The van der Waals surface area contributed by atoms with E-state index in [0.717, 1.165) is 12.4 Å². The van der Waals surface area contributed by atoms with Gasteiger partial charge in [-0.25, -0.2) is 0 Å².